The minimum absolute atomic E-state index is 0.0262. The highest BCUT2D eigenvalue weighted by Crippen LogP contribution is 2.44. The molecule has 4 rings (SSSR count). The number of benzene rings is 1. The molecule has 0 spiro atoms. The van der Waals surface area contributed by atoms with E-state index in [0.29, 0.717) is 35.8 Å². The van der Waals surface area contributed by atoms with Crippen molar-refractivity contribution in [1.29, 1.82) is 5.26 Å². The second-order valence-corrected chi connectivity index (χ2v) is 10.8. The van der Waals surface area contributed by atoms with Gasteiger partial charge in [0, 0.05) is 30.8 Å². The molecule has 2 aromatic rings. The Morgan fingerprint density at radius 1 is 1.32 bits per heavy atom. The maximum absolute atomic E-state index is 11.6. The van der Waals surface area contributed by atoms with Crippen LogP contribution in [0.4, 0.5) is 9.93 Å². The van der Waals surface area contributed by atoms with Crippen LogP contribution in [0.5, 0.6) is 5.75 Å². The molecule has 180 valence electrons. The average molecular weight is 483 g/mol. The number of hydrogen-bond acceptors (Lipinski definition) is 8. The van der Waals surface area contributed by atoms with E-state index in [9.17, 15) is 15.2 Å². The number of anilines is 1. The molecule has 2 aliphatic rings. The molecule has 34 heavy (non-hydrogen) atoms. The number of amides is 1. The second kappa shape index (κ2) is 8.80. The Hall–Kier alpha value is -3.32. The van der Waals surface area contributed by atoms with Gasteiger partial charge >= 0.3 is 6.09 Å². The van der Waals surface area contributed by atoms with Crippen LogP contribution in [-0.4, -0.2) is 62.1 Å². The highest BCUT2D eigenvalue weighted by molar-refractivity contribution is 7.18. The fourth-order valence-electron chi connectivity index (χ4n) is 4.52. The van der Waals surface area contributed by atoms with Crippen LogP contribution in [0.15, 0.2) is 29.5 Å². The summed E-state index contributed by atoms with van der Waals surface area (Å²) in [6.45, 7) is 13.2. The zero-order valence-corrected chi connectivity index (χ0v) is 21.2. The standard InChI is InChI=1S/C24H30N6O3S/c1-14(2)33-20-8-7-16(11-17(20)12-25)21-26-27-22(34-21)29-15(3)18-13-28(23(31)32)10-9-19(18)30(29)24(4,5)6/h7-8,11,14-15H,9-10,13H2,1-6H3,(H,31,32). The summed E-state index contributed by atoms with van der Waals surface area (Å²) >= 11 is 1.45. The van der Waals surface area contributed by atoms with Gasteiger partial charge in [-0.2, -0.15) is 5.26 Å². The Labute approximate surface area is 203 Å². The third-order valence-corrected chi connectivity index (χ3v) is 6.88. The van der Waals surface area contributed by atoms with E-state index < -0.39 is 6.09 Å². The summed E-state index contributed by atoms with van der Waals surface area (Å²) in [5.74, 6) is 0.554. The monoisotopic (exact) mass is 482 g/mol. The smallest absolute Gasteiger partial charge is 0.407 e. The van der Waals surface area contributed by atoms with Crippen molar-refractivity contribution >= 4 is 22.6 Å². The van der Waals surface area contributed by atoms with Gasteiger partial charge in [-0.05, 0) is 65.3 Å². The number of carboxylic acid groups (broad SMARTS) is 1. The summed E-state index contributed by atoms with van der Waals surface area (Å²) in [7, 11) is 0. The molecule has 1 atom stereocenters. The van der Waals surface area contributed by atoms with Crippen LogP contribution in [0.3, 0.4) is 0 Å². The van der Waals surface area contributed by atoms with E-state index >= 15 is 0 Å². The molecule has 1 amide bonds. The van der Waals surface area contributed by atoms with E-state index in [0.717, 1.165) is 22.0 Å². The molecule has 1 unspecified atom stereocenters. The van der Waals surface area contributed by atoms with Gasteiger partial charge in [0.2, 0.25) is 5.13 Å². The van der Waals surface area contributed by atoms with Gasteiger partial charge in [-0.3, -0.25) is 10.0 Å². The van der Waals surface area contributed by atoms with E-state index in [-0.39, 0.29) is 17.7 Å². The Morgan fingerprint density at radius 2 is 2.06 bits per heavy atom. The first-order chi connectivity index (χ1) is 16.0. The average Bonchev–Trinajstić information content (AvgIpc) is 3.36. The maximum Gasteiger partial charge on any atom is 0.407 e. The van der Waals surface area contributed by atoms with Gasteiger partial charge in [0.15, 0.2) is 0 Å². The van der Waals surface area contributed by atoms with Crippen molar-refractivity contribution in [1.82, 2.24) is 20.1 Å². The maximum atomic E-state index is 11.6. The third-order valence-electron chi connectivity index (χ3n) is 5.92. The second-order valence-electron chi connectivity index (χ2n) is 9.81. The van der Waals surface area contributed by atoms with Crippen LogP contribution in [0.1, 0.15) is 53.5 Å². The normalized spacial score (nSPS) is 18.4. The largest absolute Gasteiger partial charge is 0.490 e. The van der Waals surface area contributed by atoms with Crippen molar-refractivity contribution in [2.24, 2.45) is 0 Å². The van der Waals surface area contributed by atoms with Crippen molar-refractivity contribution in [2.45, 2.75) is 65.6 Å². The summed E-state index contributed by atoms with van der Waals surface area (Å²) in [5.41, 5.74) is 3.30. The summed E-state index contributed by atoms with van der Waals surface area (Å²) < 4.78 is 5.74. The molecular formula is C24H30N6O3S. The van der Waals surface area contributed by atoms with Gasteiger partial charge in [-0.15, -0.1) is 10.2 Å². The van der Waals surface area contributed by atoms with Crippen molar-refractivity contribution < 1.29 is 14.6 Å². The Morgan fingerprint density at radius 3 is 2.68 bits per heavy atom. The number of nitrogens with zero attached hydrogens (tertiary/aromatic N) is 6. The molecule has 0 bridgehead atoms. The predicted octanol–water partition coefficient (Wildman–Crippen LogP) is 4.73. The molecular weight excluding hydrogens is 452 g/mol. The fourth-order valence-corrected chi connectivity index (χ4v) is 5.43. The van der Waals surface area contributed by atoms with Gasteiger partial charge in [-0.25, -0.2) is 4.79 Å². The topological polar surface area (TPSA) is 106 Å². The number of rotatable bonds is 4. The lowest BCUT2D eigenvalue weighted by atomic mass is 10.00. The first-order valence-electron chi connectivity index (χ1n) is 11.3. The van der Waals surface area contributed by atoms with Gasteiger partial charge < -0.3 is 14.7 Å². The zero-order chi connectivity index (χ0) is 24.8. The minimum atomic E-state index is -0.893. The molecule has 0 saturated carbocycles. The van der Waals surface area contributed by atoms with Crippen LogP contribution in [0.25, 0.3) is 10.6 Å². The molecule has 0 saturated heterocycles. The van der Waals surface area contributed by atoms with Crippen molar-refractivity contribution in [3.8, 4) is 22.4 Å². The Kier molecular flexibility index (Phi) is 6.16. The quantitative estimate of drug-likeness (QED) is 0.667. The summed E-state index contributed by atoms with van der Waals surface area (Å²) in [4.78, 5) is 13.1. The Bertz CT molecular complexity index is 1180. The lowest BCUT2D eigenvalue weighted by molar-refractivity contribution is 0.140. The molecule has 2 aliphatic heterocycles. The number of ether oxygens (including phenoxy) is 1. The summed E-state index contributed by atoms with van der Waals surface area (Å²) in [5, 5.41) is 33.9. The molecule has 1 aromatic heterocycles. The number of aromatic nitrogens is 2. The molecule has 3 heterocycles. The summed E-state index contributed by atoms with van der Waals surface area (Å²) in [6, 6.07) is 7.64. The van der Waals surface area contributed by atoms with Crippen LogP contribution in [0, 0.1) is 11.3 Å². The predicted molar refractivity (Wildman–Crippen MR) is 131 cm³/mol. The lowest BCUT2D eigenvalue weighted by Crippen LogP contribution is -2.51. The first-order valence-corrected chi connectivity index (χ1v) is 12.2. The fraction of sp³-hybridized carbons (Fsp3) is 0.500. The van der Waals surface area contributed by atoms with E-state index in [1.54, 1.807) is 12.1 Å². The van der Waals surface area contributed by atoms with Crippen LogP contribution in [0.2, 0.25) is 0 Å². The van der Waals surface area contributed by atoms with Crippen LogP contribution < -0.4 is 9.75 Å². The third kappa shape index (κ3) is 4.28. The van der Waals surface area contributed by atoms with Crippen LogP contribution in [-0.2, 0) is 0 Å². The lowest BCUT2D eigenvalue weighted by Gasteiger charge is -2.43. The molecule has 0 fully saturated rings. The van der Waals surface area contributed by atoms with E-state index in [1.165, 1.54) is 16.2 Å². The molecule has 9 nitrogen and oxygen atoms in total. The van der Waals surface area contributed by atoms with Crippen molar-refractivity contribution in [3.63, 3.8) is 0 Å². The number of nitriles is 1. The molecule has 10 heteroatoms. The van der Waals surface area contributed by atoms with E-state index in [1.807, 2.05) is 19.9 Å². The zero-order valence-electron chi connectivity index (χ0n) is 20.4. The number of carbonyl (C=O) groups is 1. The summed E-state index contributed by atoms with van der Waals surface area (Å²) in [6.07, 6.45) is -0.258. The highest BCUT2D eigenvalue weighted by atomic mass is 32.1. The van der Waals surface area contributed by atoms with Gasteiger partial charge in [0.25, 0.3) is 0 Å². The molecule has 1 aromatic carbocycles. The molecule has 1 N–H and O–H groups in total. The number of hydrazine groups is 1. The SMILES string of the molecule is CC(C)Oc1ccc(-c2nnc(N3C(C)C4=C(CCN(C(=O)O)C4)N3C(C)(C)C)s2)cc1C#N. The van der Waals surface area contributed by atoms with E-state index in [2.05, 4.69) is 54.0 Å². The van der Waals surface area contributed by atoms with Crippen LogP contribution >= 0.6 is 11.3 Å². The first kappa shape index (κ1) is 23.8. The van der Waals surface area contributed by atoms with Gasteiger partial charge in [-0.1, -0.05) is 11.3 Å². The highest BCUT2D eigenvalue weighted by Gasteiger charge is 2.45. The van der Waals surface area contributed by atoms with E-state index in [4.69, 9.17) is 4.74 Å². The molecule has 0 aliphatic carbocycles. The Balaban J connectivity index is 1.68. The minimum Gasteiger partial charge on any atom is -0.490 e. The van der Waals surface area contributed by atoms with Gasteiger partial charge in [0.1, 0.15) is 16.8 Å². The number of hydrogen-bond donors (Lipinski definition) is 1. The van der Waals surface area contributed by atoms with Crippen molar-refractivity contribution in [2.75, 3.05) is 18.1 Å². The van der Waals surface area contributed by atoms with Crippen molar-refractivity contribution in [3.05, 3.63) is 35.0 Å². The van der Waals surface area contributed by atoms with Gasteiger partial charge in [0.05, 0.1) is 23.2 Å². The molecule has 0 radical (unpaired) electrons.